The van der Waals surface area contributed by atoms with Crippen molar-refractivity contribution in [3.05, 3.63) is 69.2 Å². The Morgan fingerprint density at radius 1 is 1.17 bits per heavy atom. The molecule has 0 radical (unpaired) electrons. The van der Waals surface area contributed by atoms with E-state index in [2.05, 4.69) is 11.4 Å². The fourth-order valence-corrected chi connectivity index (χ4v) is 6.20. The summed E-state index contributed by atoms with van der Waals surface area (Å²) in [5.74, 6) is -2.58. The number of halogens is 4. The molecule has 0 aromatic heterocycles. The highest BCUT2D eigenvalue weighted by atomic mass is 35.5. The fourth-order valence-electron chi connectivity index (χ4n) is 5.85. The molecule has 1 amide bonds. The summed E-state index contributed by atoms with van der Waals surface area (Å²) >= 11 is 12.2. The van der Waals surface area contributed by atoms with E-state index in [0.717, 1.165) is 25.3 Å². The van der Waals surface area contributed by atoms with Crippen molar-refractivity contribution in [2.75, 3.05) is 13.1 Å². The van der Waals surface area contributed by atoms with Crippen LogP contribution in [0.5, 0.6) is 0 Å². The maximum atomic E-state index is 15.6. The van der Waals surface area contributed by atoms with Crippen molar-refractivity contribution in [2.45, 2.75) is 69.9 Å². The van der Waals surface area contributed by atoms with Gasteiger partial charge in [0.25, 0.3) is 0 Å². The Kier molecular flexibility index (Phi) is 7.67. The molecular formula is C28H31Cl2F2N3O. The van der Waals surface area contributed by atoms with Gasteiger partial charge in [0.15, 0.2) is 0 Å². The van der Waals surface area contributed by atoms with E-state index in [1.807, 2.05) is 20.8 Å². The van der Waals surface area contributed by atoms with Crippen molar-refractivity contribution in [1.29, 1.82) is 5.26 Å². The van der Waals surface area contributed by atoms with E-state index in [-0.39, 0.29) is 32.5 Å². The lowest BCUT2D eigenvalue weighted by atomic mass is 9.62. The second-order valence-electron chi connectivity index (χ2n) is 11.1. The Hall–Kier alpha value is -2.20. The van der Waals surface area contributed by atoms with E-state index >= 15 is 8.78 Å². The van der Waals surface area contributed by atoms with E-state index in [1.165, 1.54) is 18.2 Å². The summed E-state index contributed by atoms with van der Waals surface area (Å²) in [5.41, 5.74) is -1.65. The summed E-state index contributed by atoms with van der Waals surface area (Å²) in [6.45, 7) is 7.25. The first kappa shape index (κ1) is 26.9. The van der Waals surface area contributed by atoms with Gasteiger partial charge < -0.3 is 10.2 Å². The zero-order chi connectivity index (χ0) is 26.3. The summed E-state index contributed by atoms with van der Waals surface area (Å²) in [7, 11) is 0. The van der Waals surface area contributed by atoms with E-state index in [0.29, 0.717) is 19.5 Å². The number of hydrogen-bond donors (Lipinski definition) is 1. The highest BCUT2D eigenvalue weighted by Crippen LogP contribution is 2.53. The first-order valence-electron chi connectivity index (χ1n) is 12.3. The maximum Gasteiger partial charge on any atom is 0.240 e. The minimum atomic E-state index is -1.59. The van der Waals surface area contributed by atoms with Gasteiger partial charge in [-0.25, -0.2) is 8.78 Å². The molecule has 0 aliphatic carbocycles. The Balaban J connectivity index is 1.98. The zero-order valence-electron chi connectivity index (χ0n) is 20.8. The number of nitrogens with zero attached hydrogens (tertiary/aromatic N) is 2. The Morgan fingerprint density at radius 3 is 2.47 bits per heavy atom. The molecule has 2 fully saturated rings. The molecular weight excluding hydrogens is 503 g/mol. The lowest BCUT2D eigenvalue weighted by molar-refractivity contribution is -0.134. The molecule has 2 heterocycles. The van der Waals surface area contributed by atoms with Gasteiger partial charge in [-0.15, -0.1) is 0 Å². The van der Waals surface area contributed by atoms with Crippen LogP contribution in [-0.2, 0) is 10.2 Å². The van der Waals surface area contributed by atoms with Crippen LogP contribution in [0.25, 0.3) is 0 Å². The molecule has 8 heteroatoms. The van der Waals surface area contributed by atoms with Crippen LogP contribution < -0.4 is 5.32 Å². The van der Waals surface area contributed by atoms with Crippen LogP contribution in [-0.4, -0.2) is 36.0 Å². The number of carbonyl (C=O) groups is 1. The van der Waals surface area contributed by atoms with E-state index < -0.39 is 35.1 Å². The first-order chi connectivity index (χ1) is 17.0. The lowest BCUT2D eigenvalue weighted by Gasteiger charge is -2.38. The molecule has 0 unspecified atom stereocenters. The van der Waals surface area contributed by atoms with Crippen molar-refractivity contribution in [1.82, 2.24) is 10.2 Å². The number of rotatable bonds is 4. The molecule has 2 aliphatic rings. The number of hydrogen-bond acceptors (Lipinski definition) is 3. The third-order valence-corrected chi connectivity index (χ3v) is 7.91. The first-order valence-corrected chi connectivity index (χ1v) is 13.1. The molecule has 36 heavy (non-hydrogen) atoms. The molecule has 2 aliphatic heterocycles. The summed E-state index contributed by atoms with van der Waals surface area (Å²) in [6.07, 6.45) is 3.26. The van der Waals surface area contributed by atoms with Crippen molar-refractivity contribution >= 4 is 29.1 Å². The molecule has 4 atom stereocenters. The highest BCUT2D eigenvalue weighted by Gasteiger charge is 2.61. The summed E-state index contributed by atoms with van der Waals surface area (Å²) < 4.78 is 31.3. The molecule has 0 spiro atoms. The predicted octanol–water partition coefficient (Wildman–Crippen LogP) is 6.61. The number of amides is 1. The third-order valence-electron chi connectivity index (χ3n) is 7.38. The number of likely N-dealkylation sites (tertiary alicyclic amines) is 1. The van der Waals surface area contributed by atoms with Crippen LogP contribution in [0.1, 0.15) is 63.5 Å². The van der Waals surface area contributed by atoms with Gasteiger partial charge in [-0.1, -0.05) is 62.2 Å². The van der Waals surface area contributed by atoms with Gasteiger partial charge in [-0.3, -0.25) is 4.79 Å². The van der Waals surface area contributed by atoms with E-state index in [1.54, 1.807) is 17.0 Å². The number of carbonyl (C=O) groups excluding carboxylic acids is 1. The maximum absolute atomic E-state index is 15.6. The van der Waals surface area contributed by atoms with Crippen LogP contribution in [0.2, 0.25) is 10.0 Å². The van der Waals surface area contributed by atoms with Gasteiger partial charge in [0.05, 0.1) is 17.1 Å². The molecule has 2 aromatic carbocycles. The molecule has 4 nitrogen and oxygen atoms in total. The third kappa shape index (κ3) is 4.86. The fraction of sp³-hybridized carbons (Fsp3) is 0.500. The van der Waals surface area contributed by atoms with Crippen molar-refractivity contribution in [3.63, 3.8) is 0 Å². The number of piperidine rings is 1. The van der Waals surface area contributed by atoms with Gasteiger partial charge in [-0.05, 0) is 54.9 Å². The molecule has 192 valence electrons. The van der Waals surface area contributed by atoms with Crippen molar-refractivity contribution in [2.24, 2.45) is 5.41 Å². The van der Waals surface area contributed by atoms with Gasteiger partial charge in [-0.2, -0.15) is 5.26 Å². The lowest BCUT2D eigenvalue weighted by Crippen LogP contribution is -2.49. The average Bonchev–Trinajstić information content (AvgIpc) is 3.13. The second kappa shape index (κ2) is 10.3. The number of nitriles is 1. The van der Waals surface area contributed by atoms with Gasteiger partial charge >= 0.3 is 0 Å². The van der Waals surface area contributed by atoms with E-state index in [9.17, 15) is 10.1 Å². The Labute approximate surface area is 221 Å². The second-order valence-corrected chi connectivity index (χ2v) is 11.9. The summed E-state index contributed by atoms with van der Waals surface area (Å²) in [5, 5.41) is 14.3. The molecule has 0 bridgehead atoms. The summed E-state index contributed by atoms with van der Waals surface area (Å²) in [4.78, 5) is 15.7. The summed E-state index contributed by atoms with van der Waals surface area (Å²) in [6, 6.07) is 9.56. The van der Waals surface area contributed by atoms with Crippen LogP contribution in [0.4, 0.5) is 8.78 Å². The van der Waals surface area contributed by atoms with E-state index in [4.69, 9.17) is 23.2 Å². The van der Waals surface area contributed by atoms with Crippen LogP contribution in [0, 0.1) is 28.4 Å². The highest BCUT2D eigenvalue weighted by molar-refractivity contribution is 6.31. The SMILES string of the molecule is CC(C)(C)C[C@@H]1N[C@@H](C(=O)N2CCCCC2)[C@H](c2cccc(Cl)c2F)[C@@]1(C#N)c1ccc(Cl)cc1F. The average molecular weight is 534 g/mol. The molecule has 2 saturated heterocycles. The Morgan fingerprint density at radius 2 is 1.86 bits per heavy atom. The van der Waals surface area contributed by atoms with Gasteiger partial charge in [0.2, 0.25) is 5.91 Å². The number of benzene rings is 2. The minimum absolute atomic E-state index is 0.0921. The largest absolute Gasteiger partial charge is 0.341 e. The van der Waals surface area contributed by atoms with Crippen LogP contribution in [0.15, 0.2) is 36.4 Å². The van der Waals surface area contributed by atoms with Crippen molar-refractivity contribution in [3.8, 4) is 6.07 Å². The number of nitrogens with one attached hydrogen (secondary N) is 1. The molecule has 1 N–H and O–H groups in total. The molecule has 2 aromatic rings. The zero-order valence-corrected chi connectivity index (χ0v) is 22.3. The van der Waals surface area contributed by atoms with Crippen LogP contribution >= 0.6 is 23.2 Å². The predicted molar refractivity (Wildman–Crippen MR) is 138 cm³/mol. The quantitative estimate of drug-likeness (QED) is 0.481. The van der Waals surface area contributed by atoms with Gasteiger partial charge in [0.1, 0.15) is 17.0 Å². The van der Waals surface area contributed by atoms with Gasteiger partial charge in [0, 0.05) is 35.6 Å². The Bertz CT molecular complexity index is 1190. The minimum Gasteiger partial charge on any atom is -0.341 e. The van der Waals surface area contributed by atoms with Crippen LogP contribution in [0.3, 0.4) is 0 Å². The molecule has 0 saturated carbocycles. The van der Waals surface area contributed by atoms with Crippen molar-refractivity contribution < 1.29 is 13.6 Å². The standard InChI is InChI=1S/C28H31Cl2F2N3O/c1-27(2,3)15-22-28(16-33,19-11-10-17(29)14-21(19)31)23(18-8-7-9-20(30)24(18)32)25(34-22)26(36)35-12-5-4-6-13-35/h7-11,14,22-23,25,34H,4-6,12-13,15H2,1-3H3/t22-,23-,25+,28-/m0/s1. The monoisotopic (exact) mass is 533 g/mol. The molecule has 4 rings (SSSR count). The topological polar surface area (TPSA) is 56.1 Å². The normalized spacial score (nSPS) is 26.6. The smallest absolute Gasteiger partial charge is 0.240 e.